The van der Waals surface area contributed by atoms with Crippen LogP contribution in [0.3, 0.4) is 0 Å². The minimum absolute atomic E-state index is 0.0677. The van der Waals surface area contributed by atoms with Gasteiger partial charge < -0.3 is 9.47 Å². The molecule has 0 aliphatic heterocycles. The molecule has 39 heavy (non-hydrogen) atoms. The quantitative estimate of drug-likeness (QED) is 0.241. The van der Waals surface area contributed by atoms with Crippen LogP contribution in [0.15, 0.2) is 83.8 Å². The molecule has 1 heterocycles. The predicted octanol–water partition coefficient (Wildman–Crippen LogP) is 4.89. The lowest BCUT2D eigenvalue weighted by Gasteiger charge is -2.15. The zero-order chi connectivity index (χ0) is 27.9. The van der Waals surface area contributed by atoms with E-state index in [1.807, 2.05) is 68.4 Å². The van der Waals surface area contributed by atoms with Gasteiger partial charge in [0.2, 0.25) is 0 Å². The van der Waals surface area contributed by atoms with Gasteiger partial charge in [-0.05, 0) is 32.4 Å². The van der Waals surface area contributed by atoms with Crippen molar-refractivity contribution in [3.8, 4) is 22.5 Å². The van der Waals surface area contributed by atoms with Crippen LogP contribution in [0.2, 0.25) is 0 Å². The van der Waals surface area contributed by atoms with Gasteiger partial charge >= 0.3 is 11.9 Å². The van der Waals surface area contributed by atoms with Crippen LogP contribution in [0.1, 0.15) is 29.0 Å². The summed E-state index contributed by atoms with van der Waals surface area (Å²) in [5.41, 5.74) is 2.64. The van der Waals surface area contributed by atoms with Crippen molar-refractivity contribution >= 4 is 22.0 Å². The van der Waals surface area contributed by atoms with Crippen molar-refractivity contribution in [1.82, 2.24) is 9.19 Å². The summed E-state index contributed by atoms with van der Waals surface area (Å²) >= 11 is 0. The summed E-state index contributed by atoms with van der Waals surface area (Å²) in [5.74, 6) is -2.18. The first kappa shape index (κ1) is 26.4. The van der Waals surface area contributed by atoms with Gasteiger partial charge in [0.05, 0.1) is 30.5 Å². The first-order valence-corrected chi connectivity index (χ1v) is 13.8. The molecular formula is C30H28N2O6S. The molecule has 8 nitrogen and oxygen atoms in total. The molecule has 0 bridgehead atoms. The van der Waals surface area contributed by atoms with Crippen molar-refractivity contribution in [2.45, 2.75) is 31.1 Å². The third kappa shape index (κ3) is 4.32. The third-order valence-electron chi connectivity index (χ3n) is 7.22. The largest absolute Gasteiger partial charge is 0.468 e. The highest BCUT2D eigenvalue weighted by Crippen LogP contribution is 2.64. The maximum absolute atomic E-state index is 14.1. The van der Waals surface area contributed by atoms with E-state index in [9.17, 15) is 18.0 Å². The fourth-order valence-corrected chi connectivity index (χ4v) is 6.33. The molecule has 4 aromatic rings. The number of esters is 2. The highest BCUT2D eigenvalue weighted by atomic mass is 32.2. The van der Waals surface area contributed by atoms with E-state index in [1.54, 1.807) is 12.1 Å². The van der Waals surface area contributed by atoms with Gasteiger partial charge in [-0.1, -0.05) is 77.9 Å². The van der Waals surface area contributed by atoms with E-state index in [1.165, 1.54) is 26.4 Å². The average Bonchev–Trinajstić information content (AvgIpc) is 3.57. The summed E-state index contributed by atoms with van der Waals surface area (Å²) in [6, 6.07) is 23.0. The Morgan fingerprint density at radius 3 is 1.90 bits per heavy atom. The predicted molar refractivity (Wildman–Crippen MR) is 145 cm³/mol. The Morgan fingerprint density at radius 2 is 1.36 bits per heavy atom. The van der Waals surface area contributed by atoms with Crippen LogP contribution in [-0.4, -0.2) is 43.8 Å². The van der Waals surface area contributed by atoms with Crippen LogP contribution in [0.4, 0.5) is 0 Å². The second-order valence-corrected chi connectivity index (χ2v) is 11.5. The second-order valence-electron chi connectivity index (χ2n) is 9.72. The van der Waals surface area contributed by atoms with E-state index in [4.69, 9.17) is 9.47 Å². The van der Waals surface area contributed by atoms with E-state index in [-0.39, 0.29) is 17.0 Å². The number of hydrogen-bond donors (Lipinski definition) is 0. The highest BCUT2D eigenvalue weighted by Gasteiger charge is 2.70. The van der Waals surface area contributed by atoms with Gasteiger partial charge in [0, 0.05) is 22.6 Å². The Hall–Kier alpha value is -4.24. The maximum atomic E-state index is 14.1. The van der Waals surface area contributed by atoms with Gasteiger partial charge in [-0.2, -0.15) is 17.6 Å². The molecule has 1 aliphatic rings. The van der Waals surface area contributed by atoms with Crippen LogP contribution in [0.5, 0.6) is 0 Å². The zero-order valence-corrected chi connectivity index (χ0v) is 22.9. The summed E-state index contributed by atoms with van der Waals surface area (Å²) in [5, 5.41) is 4.67. The summed E-state index contributed by atoms with van der Waals surface area (Å²) in [6.45, 7) is 3.81. The van der Waals surface area contributed by atoms with E-state index in [0.29, 0.717) is 22.4 Å². The van der Waals surface area contributed by atoms with Crippen LogP contribution in [-0.2, 0) is 29.1 Å². The SMILES string of the molecule is COC(=O)C1(C(=O)OC)CC1c1c(-c2ccccc2)nn(S(=O)(=O)c2ccc(C)cc2)c1-c1ccc(C)cc1. The molecule has 1 saturated carbocycles. The topological polar surface area (TPSA) is 105 Å². The highest BCUT2D eigenvalue weighted by molar-refractivity contribution is 7.90. The molecule has 0 radical (unpaired) electrons. The Labute approximate surface area is 227 Å². The Bertz CT molecular complexity index is 1640. The summed E-state index contributed by atoms with van der Waals surface area (Å²) in [7, 11) is -1.75. The molecule has 0 saturated heterocycles. The molecule has 1 unspecified atom stereocenters. The monoisotopic (exact) mass is 544 g/mol. The number of methoxy groups -OCH3 is 2. The van der Waals surface area contributed by atoms with Gasteiger partial charge in [0.15, 0.2) is 5.41 Å². The number of aromatic nitrogens is 2. The molecule has 200 valence electrons. The van der Waals surface area contributed by atoms with Crippen molar-refractivity contribution < 1.29 is 27.5 Å². The molecular weight excluding hydrogens is 516 g/mol. The normalized spacial score (nSPS) is 15.9. The molecule has 9 heteroatoms. The van der Waals surface area contributed by atoms with Crippen LogP contribution < -0.4 is 0 Å². The molecule has 5 rings (SSSR count). The fraction of sp³-hybridized carbons (Fsp3) is 0.233. The lowest BCUT2D eigenvalue weighted by Crippen LogP contribution is -2.30. The number of carbonyl (C=O) groups is 2. The number of hydrogen-bond acceptors (Lipinski definition) is 7. The first-order valence-electron chi connectivity index (χ1n) is 12.4. The maximum Gasteiger partial charge on any atom is 0.323 e. The molecule has 1 aliphatic carbocycles. The molecule has 0 amide bonds. The van der Waals surface area contributed by atoms with Crippen LogP contribution in [0.25, 0.3) is 22.5 Å². The summed E-state index contributed by atoms with van der Waals surface area (Å²) in [6.07, 6.45) is 0.0985. The number of carbonyl (C=O) groups excluding carboxylic acids is 2. The summed E-state index contributed by atoms with van der Waals surface area (Å²) < 4.78 is 39.3. The second kappa shape index (κ2) is 9.81. The number of ether oxygens (including phenoxy) is 2. The molecule has 1 aromatic heterocycles. The standard InChI is InChI=1S/C30H28N2O6S/c1-19-10-14-22(15-11-19)27-25(24-18-30(24,28(33)37-3)29(34)38-4)26(21-8-6-5-7-9-21)31-32(27)39(35,36)23-16-12-20(2)13-17-23/h5-17,24H,18H2,1-4H3. The van der Waals surface area contributed by atoms with Crippen molar-refractivity contribution in [1.29, 1.82) is 0 Å². The van der Waals surface area contributed by atoms with Crippen molar-refractivity contribution in [3.05, 3.63) is 95.6 Å². The van der Waals surface area contributed by atoms with Gasteiger partial charge in [-0.15, -0.1) is 0 Å². The Morgan fingerprint density at radius 1 is 0.821 bits per heavy atom. The van der Waals surface area contributed by atoms with Gasteiger partial charge in [0.25, 0.3) is 10.0 Å². The van der Waals surface area contributed by atoms with E-state index in [2.05, 4.69) is 5.10 Å². The molecule has 0 N–H and O–H groups in total. The average molecular weight is 545 g/mol. The summed E-state index contributed by atoms with van der Waals surface area (Å²) in [4.78, 5) is 26.1. The van der Waals surface area contributed by atoms with Crippen molar-refractivity contribution in [2.24, 2.45) is 5.41 Å². The van der Waals surface area contributed by atoms with Crippen LogP contribution in [0, 0.1) is 19.3 Å². The lowest BCUT2D eigenvalue weighted by molar-refractivity contribution is -0.161. The Kier molecular flexibility index (Phi) is 6.64. The number of aryl methyl sites for hydroxylation is 2. The number of benzene rings is 3. The van der Waals surface area contributed by atoms with Gasteiger partial charge in [0.1, 0.15) is 0 Å². The van der Waals surface area contributed by atoms with Crippen LogP contribution >= 0.6 is 0 Å². The first-order chi connectivity index (χ1) is 18.6. The molecule has 1 atom stereocenters. The van der Waals surface area contributed by atoms with E-state index >= 15 is 0 Å². The third-order valence-corrected chi connectivity index (χ3v) is 8.81. The minimum atomic E-state index is -4.18. The molecule has 1 fully saturated rings. The Balaban J connectivity index is 1.86. The van der Waals surface area contributed by atoms with E-state index < -0.39 is 33.3 Å². The smallest absolute Gasteiger partial charge is 0.323 e. The van der Waals surface area contributed by atoms with Crippen molar-refractivity contribution in [3.63, 3.8) is 0 Å². The molecule has 0 spiro atoms. The molecule has 3 aromatic carbocycles. The number of rotatable bonds is 7. The zero-order valence-electron chi connectivity index (χ0n) is 22.0. The van der Waals surface area contributed by atoms with Crippen molar-refractivity contribution in [2.75, 3.05) is 14.2 Å². The van der Waals surface area contributed by atoms with Gasteiger partial charge in [-0.25, -0.2) is 0 Å². The minimum Gasteiger partial charge on any atom is -0.468 e. The fourth-order valence-electron chi connectivity index (χ4n) is 5.02. The number of nitrogens with zero attached hydrogens (tertiary/aromatic N) is 2. The van der Waals surface area contributed by atoms with Gasteiger partial charge in [-0.3, -0.25) is 9.59 Å². The van der Waals surface area contributed by atoms with E-state index in [0.717, 1.165) is 15.2 Å². The lowest BCUT2D eigenvalue weighted by atomic mass is 9.93.